The van der Waals surface area contributed by atoms with Crippen molar-refractivity contribution in [3.63, 3.8) is 0 Å². The van der Waals surface area contributed by atoms with E-state index in [0.29, 0.717) is 16.7 Å². The van der Waals surface area contributed by atoms with Crippen molar-refractivity contribution in [2.75, 3.05) is 5.32 Å². The molecule has 2 aromatic rings. The zero-order valence-corrected chi connectivity index (χ0v) is 13.4. The van der Waals surface area contributed by atoms with E-state index in [4.69, 9.17) is 0 Å². The van der Waals surface area contributed by atoms with Gasteiger partial charge in [-0.3, -0.25) is 9.59 Å². The van der Waals surface area contributed by atoms with Crippen molar-refractivity contribution in [2.45, 2.75) is 13.5 Å². The number of anilines is 1. The molecule has 0 atom stereocenters. The molecule has 2 N–H and O–H groups in total. The Morgan fingerprint density at radius 1 is 1.14 bits per heavy atom. The van der Waals surface area contributed by atoms with Crippen LogP contribution >= 0.6 is 15.9 Å². The summed E-state index contributed by atoms with van der Waals surface area (Å²) < 4.78 is 13.7. The lowest BCUT2D eigenvalue weighted by Crippen LogP contribution is -2.23. The first kappa shape index (κ1) is 16.2. The maximum absolute atomic E-state index is 13.2. The minimum atomic E-state index is -0.465. The first-order valence-corrected chi connectivity index (χ1v) is 7.35. The van der Waals surface area contributed by atoms with E-state index >= 15 is 0 Å². The highest BCUT2D eigenvalue weighted by molar-refractivity contribution is 9.10. The molecule has 0 saturated carbocycles. The average molecular weight is 365 g/mol. The number of amides is 2. The van der Waals surface area contributed by atoms with Crippen molar-refractivity contribution in [2.24, 2.45) is 0 Å². The molecule has 0 heterocycles. The van der Waals surface area contributed by atoms with Gasteiger partial charge in [-0.2, -0.15) is 0 Å². The summed E-state index contributed by atoms with van der Waals surface area (Å²) in [5.74, 6) is -0.970. The summed E-state index contributed by atoms with van der Waals surface area (Å²) in [6, 6.07) is 11.0. The van der Waals surface area contributed by atoms with E-state index in [1.54, 1.807) is 24.3 Å². The van der Waals surface area contributed by atoms with Gasteiger partial charge in [-0.05, 0) is 51.8 Å². The Hall–Kier alpha value is -2.21. The van der Waals surface area contributed by atoms with Crippen LogP contribution in [0.15, 0.2) is 46.9 Å². The third kappa shape index (κ3) is 4.39. The van der Waals surface area contributed by atoms with Gasteiger partial charge in [0, 0.05) is 23.6 Å². The molecule has 0 aliphatic rings. The average Bonchev–Trinajstić information content (AvgIpc) is 2.48. The first-order valence-electron chi connectivity index (χ1n) is 6.55. The van der Waals surface area contributed by atoms with Crippen molar-refractivity contribution >= 4 is 33.4 Å². The Morgan fingerprint density at radius 2 is 1.82 bits per heavy atom. The Morgan fingerprint density at radius 3 is 2.45 bits per heavy atom. The standard InChI is InChI=1S/C16H14BrFN2O2/c1-10(21)20-13-5-2-11(3-6-13)9-19-16(22)14-8-12(18)4-7-15(14)17/h2-8H,9H2,1H3,(H,19,22)(H,20,21). The third-order valence-corrected chi connectivity index (χ3v) is 3.59. The summed E-state index contributed by atoms with van der Waals surface area (Å²) in [6.07, 6.45) is 0. The van der Waals surface area contributed by atoms with Gasteiger partial charge in [-0.1, -0.05) is 12.1 Å². The molecule has 0 spiro atoms. The van der Waals surface area contributed by atoms with Gasteiger partial charge >= 0.3 is 0 Å². The van der Waals surface area contributed by atoms with E-state index in [2.05, 4.69) is 26.6 Å². The second kappa shape index (κ2) is 7.17. The first-order chi connectivity index (χ1) is 10.5. The second-order valence-electron chi connectivity index (χ2n) is 4.68. The van der Waals surface area contributed by atoms with Crippen LogP contribution < -0.4 is 10.6 Å². The number of halogens is 2. The lowest BCUT2D eigenvalue weighted by molar-refractivity contribution is -0.114. The molecule has 0 unspecified atom stereocenters. The van der Waals surface area contributed by atoms with Gasteiger partial charge in [0.2, 0.25) is 5.91 Å². The summed E-state index contributed by atoms with van der Waals surface area (Å²) >= 11 is 3.22. The molecule has 6 heteroatoms. The fourth-order valence-corrected chi connectivity index (χ4v) is 2.28. The Balaban J connectivity index is 1.99. The van der Waals surface area contributed by atoms with Crippen LogP contribution in [-0.4, -0.2) is 11.8 Å². The third-order valence-electron chi connectivity index (χ3n) is 2.90. The molecule has 0 aromatic heterocycles. The van der Waals surface area contributed by atoms with Crippen LogP contribution in [-0.2, 0) is 11.3 Å². The van der Waals surface area contributed by atoms with Gasteiger partial charge in [-0.15, -0.1) is 0 Å². The van der Waals surface area contributed by atoms with Crippen LogP contribution in [0.5, 0.6) is 0 Å². The second-order valence-corrected chi connectivity index (χ2v) is 5.54. The predicted molar refractivity (Wildman–Crippen MR) is 86.0 cm³/mol. The van der Waals surface area contributed by atoms with Gasteiger partial charge in [0.1, 0.15) is 5.82 Å². The summed E-state index contributed by atoms with van der Waals surface area (Å²) in [4.78, 5) is 23.0. The normalized spacial score (nSPS) is 10.1. The molecule has 4 nitrogen and oxygen atoms in total. The van der Waals surface area contributed by atoms with E-state index in [9.17, 15) is 14.0 Å². The Kier molecular flexibility index (Phi) is 5.27. The van der Waals surface area contributed by atoms with E-state index in [1.807, 2.05) is 0 Å². The van der Waals surface area contributed by atoms with Crippen molar-refractivity contribution in [3.8, 4) is 0 Å². The van der Waals surface area contributed by atoms with Crippen LogP contribution in [0.25, 0.3) is 0 Å². The molecule has 114 valence electrons. The van der Waals surface area contributed by atoms with Crippen LogP contribution in [0.4, 0.5) is 10.1 Å². The summed E-state index contributed by atoms with van der Waals surface area (Å²) in [5, 5.41) is 5.38. The molecule has 0 fully saturated rings. The monoisotopic (exact) mass is 364 g/mol. The number of hydrogen-bond donors (Lipinski definition) is 2. The van der Waals surface area contributed by atoms with Crippen LogP contribution in [0.1, 0.15) is 22.8 Å². The molecule has 2 amide bonds. The van der Waals surface area contributed by atoms with Gasteiger partial charge < -0.3 is 10.6 Å². The smallest absolute Gasteiger partial charge is 0.252 e. The van der Waals surface area contributed by atoms with Gasteiger partial charge in [0.25, 0.3) is 5.91 Å². The van der Waals surface area contributed by atoms with Crippen molar-refractivity contribution in [1.82, 2.24) is 5.32 Å². The van der Waals surface area contributed by atoms with E-state index < -0.39 is 5.82 Å². The molecule has 22 heavy (non-hydrogen) atoms. The Labute approximate surface area is 135 Å². The van der Waals surface area contributed by atoms with Crippen LogP contribution in [0, 0.1) is 5.82 Å². The number of nitrogens with one attached hydrogen (secondary N) is 2. The summed E-state index contributed by atoms with van der Waals surface area (Å²) in [5.41, 5.74) is 1.81. The van der Waals surface area contributed by atoms with E-state index in [1.165, 1.54) is 25.1 Å². The van der Waals surface area contributed by atoms with Gasteiger partial charge in [0.15, 0.2) is 0 Å². The number of rotatable bonds is 4. The summed E-state index contributed by atoms with van der Waals surface area (Å²) in [6.45, 7) is 1.74. The quantitative estimate of drug-likeness (QED) is 0.872. The maximum atomic E-state index is 13.2. The highest BCUT2D eigenvalue weighted by Crippen LogP contribution is 2.18. The SMILES string of the molecule is CC(=O)Nc1ccc(CNC(=O)c2cc(F)ccc2Br)cc1. The van der Waals surface area contributed by atoms with Crippen molar-refractivity contribution in [3.05, 3.63) is 63.9 Å². The minimum absolute atomic E-state index is 0.142. The molecule has 2 rings (SSSR count). The van der Waals surface area contributed by atoms with Crippen LogP contribution in [0.2, 0.25) is 0 Å². The highest BCUT2D eigenvalue weighted by Gasteiger charge is 2.10. The number of hydrogen-bond acceptors (Lipinski definition) is 2. The Bertz CT molecular complexity index is 702. The predicted octanol–water partition coefficient (Wildman–Crippen LogP) is 3.48. The number of benzene rings is 2. The topological polar surface area (TPSA) is 58.2 Å². The molecule has 0 radical (unpaired) electrons. The zero-order valence-electron chi connectivity index (χ0n) is 11.8. The van der Waals surface area contributed by atoms with Gasteiger partial charge in [-0.25, -0.2) is 4.39 Å². The van der Waals surface area contributed by atoms with Crippen LogP contribution in [0.3, 0.4) is 0 Å². The zero-order chi connectivity index (χ0) is 16.1. The molecule has 0 aliphatic heterocycles. The van der Waals surface area contributed by atoms with Crippen molar-refractivity contribution < 1.29 is 14.0 Å². The number of carbonyl (C=O) groups excluding carboxylic acids is 2. The highest BCUT2D eigenvalue weighted by atomic mass is 79.9. The lowest BCUT2D eigenvalue weighted by atomic mass is 10.1. The van der Waals surface area contributed by atoms with E-state index in [0.717, 1.165) is 5.56 Å². The lowest BCUT2D eigenvalue weighted by Gasteiger charge is -2.08. The number of carbonyl (C=O) groups is 2. The minimum Gasteiger partial charge on any atom is -0.348 e. The largest absolute Gasteiger partial charge is 0.348 e. The molecule has 0 bridgehead atoms. The molecule has 0 saturated heterocycles. The molecule has 0 aliphatic carbocycles. The van der Waals surface area contributed by atoms with E-state index in [-0.39, 0.29) is 17.4 Å². The fourth-order valence-electron chi connectivity index (χ4n) is 1.86. The molecular formula is C16H14BrFN2O2. The molecule has 2 aromatic carbocycles. The maximum Gasteiger partial charge on any atom is 0.252 e. The van der Waals surface area contributed by atoms with Gasteiger partial charge in [0.05, 0.1) is 5.56 Å². The fraction of sp³-hybridized carbons (Fsp3) is 0.125. The molecular weight excluding hydrogens is 351 g/mol. The summed E-state index contributed by atoms with van der Waals surface area (Å²) in [7, 11) is 0. The van der Waals surface area contributed by atoms with Crippen molar-refractivity contribution in [1.29, 1.82) is 0 Å².